The first kappa shape index (κ1) is 13.3. The van der Waals surface area contributed by atoms with E-state index in [1.165, 1.54) is 0 Å². The molecule has 0 amide bonds. The molecular weight excluding hydrogens is 236 g/mol. The first-order chi connectivity index (χ1) is 9.25. The van der Waals surface area contributed by atoms with Crippen LogP contribution in [0.1, 0.15) is 13.8 Å². The number of anilines is 2. The molecule has 3 nitrogen and oxygen atoms in total. The maximum Gasteiger partial charge on any atom is 0.144 e. The van der Waals surface area contributed by atoms with Crippen LogP contribution in [0.25, 0.3) is 0 Å². The smallest absolute Gasteiger partial charge is 0.144 e. The van der Waals surface area contributed by atoms with E-state index in [0.717, 1.165) is 17.1 Å². The minimum atomic E-state index is 0.509. The maximum absolute atomic E-state index is 5.78. The minimum absolute atomic E-state index is 0.509. The van der Waals surface area contributed by atoms with Crippen molar-refractivity contribution in [1.29, 1.82) is 0 Å². The van der Waals surface area contributed by atoms with Gasteiger partial charge >= 0.3 is 0 Å². The number of hydrogen-bond donors (Lipinski definition) is 2. The summed E-state index contributed by atoms with van der Waals surface area (Å²) in [6.45, 7) is 4.99. The van der Waals surface area contributed by atoms with Crippen molar-refractivity contribution in [3.8, 4) is 5.75 Å². The summed E-state index contributed by atoms with van der Waals surface area (Å²) in [6.07, 6.45) is 0. The Morgan fingerprint density at radius 1 is 0.895 bits per heavy atom. The lowest BCUT2D eigenvalue weighted by Crippen LogP contribution is -2.11. The molecular formula is C16H20N2O. The van der Waals surface area contributed by atoms with Crippen molar-refractivity contribution < 1.29 is 4.74 Å². The van der Waals surface area contributed by atoms with Gasteiger partial charge in [-0.2, -0.15) is 0 Å². The Kier molecular flexibility index (Phi) is 4.67. The highest BCUT2D eigenvalue weighted by molar-refractivity contribution is 5.60. The molecule has 0 unspecified atom stereocenters. The van der Waals surface area contributed by atoms with Gasteiger partial charge in [0, 0.05) is 0 Å². The lowest BCUT2D eigenvalue weighted by atomic mass is 10.2. The van der Waals surface area contributed by atoms with E-state index >= 15 is 0 Å². The van der Waals surface area contributed by atoms with E-state index in [2.05, 4.69) is 24.7 Å². The molecule has 0 heterocycles. The summed E-state index contributed by atoms with van der Waals surface area (Å²) in [7, 11) is 0. The summed E-state index contributed by atoms with van der Waals surface area (Å²) in [5.74, 6) is 1.37. The lowest BCUT2D eigenvalue weighted by molar-refractivity contribution is 0.272. The van der Waals surface area contributed by atoms with Crippen molar-refractivity contribution in [2.45, 2.75) is 13.8 Å². The Balaban J connectivity index is 1.99. The molecule has 0 atom stereocenters. The minimum Gasteiger partial charge on any atom is -0.491 e. The summed E-state index contributed by atoms with van der Waals surface area (Å²) in [4.78, 5) is 0. The van der Waals surface area contributed by atoms with Crippen LogP contribution in [-0.2, 0) is 0 Å². The van der Waals surface area contributed by atoms with E-state index in [1.807, 2.05) is 54.6 Å². The maximum atomic E-state index is 5.78. The summed E-state index contributed by atoms with van der Waals surface area (Å²) < 4.78 is 5.78. The molecule has 100 valence electrons. The number of hydrogen-bond acceptors (Lipinski definition) is 3. The molecule has 0 bridgehead atoms. The average Bonchev–Trinajstić information content (AvgIpc) is 2.45. The van der Waals surface area contributed by atoms with Gasteiger partial charge < -0.3 is 10.2 Å². The van der Waals surface area contributed by atoms with Gasteiger partial charge in [-0.15, -0.1) is 0 Å². The average molecular weight is 256 g/mol. The number of ether oxygens (including phenoxy) is 1. The van der Waals surface area contributed by atoms with Gasteiger partial charge in [-0.3, -0.25) is 5.43 Å². The highest BCUT2D eigenvalue weighted by Crippen LogP contribution is 2.24. The Bertz CT molecular complexity index is 497. The normalized spacial score (nSPS) is 10.3. The Morgan fingerprint density at radius 2 is 1.58 bits per heavy atom. The summed E-state index contributed by atoms with van der Waals surface area (Å²) in [5.41, 5.74) is 8.29. The molecule has 0 aromatic heterocycles. The van der Waals surface area contributed by atoms with Gasteiger partial charge in [-0.05, 0) is 30.2 Å². The zero-order chi connectivity index (χ0) is 13.5. The topological polar surface area (TPSA) is 33.3 Å². The van der Waals surface area contributed by atoms with Gasteiger partial charge in [0.25, 0.3) is 0 Å². The molecule has 0 aliphatic rings. The number of para-hydroxylation sites is 3. The molecule has 0 fully saturated rings. The largest absolute Gasteiger partial charge is 0.491 e. The molecule has 3 heteroatoms. The number of rotatable bonds is 6. The molecule has 0 saturated carbocycles. The summed E-state index contributed by atoms with van der Waals surface area (Å²) in [5, 5.41) is 0. The van der Waals surface area contributed by atoms with E-state index in [-0.39, 0.29) is 0 Å². The van der Waals surface area contributed by atoms with Crippen molar-refractivity contribution >= 4 is 11.4 Å². The third kappa shape index (κ3) is 4.21. The van der Waals surface area contributed by atoms with Crippen molar-refractivity contribution in [2.24, 2.45) is 5.92 Å². The van der Waals surface area contributed by atoms with Gasteiger partial charge in [0.05, 0.1) is 18.0 Å². The quantitative estimate of drug-likeness (QED) is 0.761. The Hall–Kier alpha value is -2.16. The fourth-order valence-electron chi connectivity index (χ4n) is 1.61. The van der Waals surface area contributed by atoms with E-state index < -0.39 is 0 Å². The number of benzene rings is 2. The second-order valence-electron chi connectivity index (χ2n) is 4.82. The molecule has 2 aromatic rings. The SMILES string of the molecule is CC(C)COc1ccccc1NNc1ccccc1. The highest BCUT2D eigenvalue weighted by atomic mass is 16.5. The van der Waals surface area contributed by atoms with E-state index in [9.17, 15) is 0 Å². The summed E-state index contributed by atoms with van der Waals surface area (Å²) >= 11 is 0. The molecule has 2 N–H and O–H groups in total. The van der Waals surface area contributed by atoms with Crippen LogP contribution in [0, 0.1) is 5.92 Å². The van der Waals surface area contributed by atoms with Crippen molar-refractivity contribution in [3.05, 3.63) is 54.6 Å². The number of nitrogens with one attached hydrogen (secondary N) is 2. The van der Waals surface area contributed by atoms with Crippen LogP contribution >= 0.6 is 0 Å². The van der Waals surface area contributed by atoms with E-state index in [1.54, 1.807) is 0 Å². The molecule has 0 radical (unpaired) electrons. The van der Waals surface area contributed by atoms with Crippen molar-refractivity contribution in [2.75, 3.05) is 17.5 Å². The second-order valence-corrected chi connectivity index (χ2v) is 4.82. The first-order valence-electron chi connectivity index (χ1n) is 6.54. The molecule has 2 rings (SSSR count). The van der Waals surface area contributed by atoms with Crippen LogP contribution in [0.3, 0.4) is 0 Å². The van der Waals surface area contributed by atoms with E-state index in [0.29, 0.717) is 12.5 Å². The number of hydrazine groups is 1. The molecule has 0 aliphatic carbocycles. The second kappa shape index (κ2) is 6.69. The fourth-order valence-corrected chi connectivity index (χ4v) is 1.61. The monoisotopic (exact) mass is 256 g/mol. The molecule has 0 aliphatic heterocycles. The predicted octanol–water partition coefficient (Wildman–Crippen LogP) is 4.16. The molecule has 0 saturated heterocycles. The van der Waals surface area contributed by atoms with Gasteiger partial charge in [0.15, 0.2) is 0 Å². The van der Waals surface area contributed by atoms with Crippen LogP contribution in [0.15, 0.2) is 54.6 Å². The van der Waals surface area contributed by atoms with Crippen LogP contribution in [0.5, 0.6) is 5.75 Å². The predicted molar refractivity (Wildman–Crippen MR) is 80.5 cm³/mol. The van der Waals surface area contributed by atoms with Crippen LogP contribution in [-0.4, -0.2) is 6.61 Å². The third-order valence-electron chi connectivity index (χ3n) is 2.57. The Morgan fingerprint density at radius 3 is 2.32 bits per heavy atom. The highest BCUT2D eigenvalue weighted by Gasteiger charge is 2.03. The standard InChI is InChI=1S/C16H20N2O/c1-13(2)12-19-16-11-7-6-10-15(16)18-17-14-8-4-3-5-9-14/h3-11,13,17-18H,12H2,1-2H3. The van der Waals surface area contributed by atoms with Crippen LogP contribution < -0.4 is 15.6 Å². The van der Waals surface area contributed by atoms with Crippen LogP contribution in [0.2, 0.25) is 0 Å². The molecule has 2 aromatic carbocycles. The fraction of sp³-hybridized carbons (Fsp3) is 0.250. The third-order valence-corrected chi connectivity index (χ3v) is 2.57. The van der Waals surface area contributed by atoms with Crippen LogP contribution in [0.4, 0.5) is 11.4 Å². The van der Waals surface area contributed by atoms with Crippen molar-refractivity contribution in [3.63, 3.8) is 0 Å². The lowest BCUT2D eigenvalue weighted by Gasteiger charge is -2.15. The molecule has 0 spiro atoms. The zero-order valence-corrected chi connectivity index (χ0v) is 11.4. The zero-order valence-electron chi connectivity index (χ0n) is 11.4. The summed E-state index contributed by atoms with van der Waals surface area (Å²) in [6, 6.07) is 17.9. The van der Waals surface area contributed by atoms with Crippen molar-refractivity contribution in [1.82, 2.24) is 0 Å². The van der Waals surface area contributed by atoms with Gasteiger partial charge in [-0.1, -0.05) is 44.2 Å². The van der Waals surface area contributed by atoms with Gasteiger partial charge in [-0.25, -0.2) is 0 Å². The van der Waals surface area contributed by atoms with Gasteiger partial charge in [0.2, 0.25) is 0 Å². The first-order valence-corrected chi connectivity index (χ1v) is 6.54. The molecule has 19 heavy (non-hydrogen) atoms. The van der Waals surface area contributed by atoms with Gasteiger partial charge in [0.1, 0.15) is 5.75 Å². The van der Waals surface area contributed by atoms with E-state index in [4.69, 9.17) is 4.74 Å². The Labute approximate surface area is 114 Å².